The Hall–Kier alpha value is -0.610. The molecule has 0 nitrogen and oxygen atoms in total. The van der Waals surface area contributed by atoms with E-state index in [9.17, 15) is 0 Å². The highest BCUT2D eigenvalue weighted by molar-refractivity contribution is 5.15. The normalized spacial score (nSPS) is 7.50. The van der Waals surface area contributed by atoms with Gasteiger partial charge in [0.1, 0.15) is 0 Å². The fourth-order valence-corrected chi connectivity index (χ4v) is 0. The van der Waals surface area contributed by atoms with Crippen molar-refractivity contribution in [3.8, 4) is 0 Å². The number of rotatable bonds is 1. The van der Waals surface area contributed by atoms with Crippen molar-refractivity contribution >= 4 is 0 Å². The second kappa shape index (κ2) is 1.74. The van der Waals surface area contributed by atoms with E-state index in [0.717, 1.165) is 0 Å². The molecule has 0 unspecified atom stereocenters. The fourth-order valence-electron chi connectivity index (χ4n) is 0. The molecule has 0 aliphatic rings. The molecule has 0 saturated carbocycles. The van der Waals surface area contributed by atoms with Crippen LogP contribution in [0.4, 0.5) is 0 Å². The first-order valence-electron chi connectivity index (χ1n) is 1.83. The predicted molar refractivity (Wildman–Crippen MR) is 27.0 cm³/mol. The molecule has 0 aromatic rings. The largest absolute Gasteiger partial charge is 0.184 e. The van der Waals surface area contributed by atoms with Crippen molar-refractivity contribution in [2.75, 3.05) is 0 Å². The van der Waals surface area contributed by atoms with Gasteiger partial charge in [0.25, 0.3) is 0 Å². The molecule has 0 amide bonds. The van der Waals surface area contributed by atoms with Crippen LogP contribution in [0.1, 0.15) is 13.8 Å². The van der Waals surface area contributed by atoms with Crippen LogP contribution in [-0.2, 0) is 0 Å². The average molecular weight is 80.1 g/mol. The van der Waals surface area contributed by atoms with Crippen molar-refractivity contribution in [3.05, 3.63) is 24.3 Å². The summed E-state index contributed by atoms with van der Waals surface area (Å²) in [5, 5.41) is 0. The molecule has 0 fully saturated rings. The lowest BCUT2D eigenvalue weighted by Crippen LogP contribution is -1.68. The Balaban J connectivity index is 3.57. The first-order chi connectivity index (χ1) is 2.64. The molecule has 0 spiro atoms. The second-order valence-corrected chi connectivity index (χ2v) is 1.37. The fraction of sp³-hybridized carbons (Fsp3) is 0.333. The molecule has 0 rings (SSSR count). The topological polar surface area (TPSA) is 0 Å². The summed E-state index contributed by atoms with van der Waals surface area (Å²) in [4.78, 5) is 0. The quantitative estimate of drug-likeness (QED) is 0.332. The minimum absolute atomic E-state index is 0.704. The van der Waals surface area contributed by atoms with Crippen LogP contribution >= 0.6 is 0 Å². The van der Waals surface area contributed by atoms with Crippen LogP contribution in [0.15, 0.2) is 11.1 Å². The summed E-state index contributed by atoms with van der Waals surface area (Å²) in [7, 11) is 0. The van der Waals surface area contributed by atoms with Gasteiger partial charge in [0.2, 0.25) is 0 Å². The van der Waals surface area contributed by atoms with Gasteiger partial charge >= 0.3 is 0 Å². The van der Waals surface area contributed by atoms with E-state index in [1.807, 2.05) is 0 Å². The summed E-state index contributed by atoms with van der Waals surface area (Å²) < 4.78 is 0. The van der Waals surface area contributed by atoms with Crippen LogP contribution < -0.4 is 0 Å². The molecule has 0 heteroatoms. The molecular weight excluding hydrogens is 72.1 g/mol. The molecule has 0 N–H and O–H groups in total. The summed E-state index contributed by atoms with van der Waals surface area (Å²) in [5.41, 5.74) is 1.41. The van der Waals surface area contributed by atoms with Crippen molar-refractivity contribution in [1.29, 1.82) is 0 Å². The van der Waals surface area contributed by atoms with E-state index in [1.54, 1.807) is 13.8 Å². The van der Waals surface area contributed by atoms with Gasteiger partial charge < -0.3 is 0 Å². The minimum Gasteiger partial charge on any atom is -0.184 e. The van der Waals surface area contributed by atoms with Gasteiger partial charge in [-0.3, -0.25) is 0 Å². The first kappa shape index (κ1) is 5.39. The van der Waals surface area contributed by atoms with E-state index >= 15 is 0 Å². The molecule has 32 valence electrons. The van der Waals surface area contributed by atoms with E-state index in [0.29, 0.717) is 11.1 Å². The monoisotopic (exact) mass is 80.1 g/mol. The van der Waals surface area contributed by atoms with Gasteiger partial charge in [-0.05, 0) is 13.5 Å². The highest BCUT2D eigenvalue weighted by Gasteiger charge is 1.78. The van der Waals surface area contributed by atoms with Crippen molar-refractivity contribution < 1.29 is 0 Å². The van der Waals surface area contributed by atoms with E-state index < -0.39 is 0 Å². The summed E-state index contributed by atoms with van der Waals surface area (Å²) in [6.07, 6.45) is 0. The minimum atomic E-state index is 0.704. The number of hydrogen-bond acceptors (Lipinski definition) is 0. The SMILES string of the molecule is [CH+]=C(C)C(=[CH-])C. The average Bonchev–Trinajstić information content (AvgIpc) is 1.36. The highest BCUT2D eigenvalue weighted by Crippen LogP contribution is 1.97. The summed E-state index contributed by atoms with van der Waals surface area (Å²) in [6, 6.07) is 0. The third kappa shape index (κ3) is 1.68. The van der Waals surface area contributed by atoms with Crippen LogP contribution in [0.25, 0.3) is 0 Å². The predicted octanol–water partition coefficient (Wildman–Crippen LogP) is 1.74. The van der Waals surface area contributed by atoms with Crippen LogP contribution in [0.2, 0.25) is 0 Å². The van der Waals surface area contributed by atoms with Crippen molar-refractivity contribution in [2.24, 2.45) is 0 Å². The lowest BCUT2D eigenvalue weighted by atomic mass is 10.2. The standard InChI is InChI=1S/C6H8/c1-5(2)6(3)4/h1,3H,2,4H3. The first-order valence-corrected chi connectivity index (χ1v) is 1.83. The molecule has 0 aromatic carbocycles. The molecule has 0 heterocycles. The maximum absolute atomic E-state index is 5.19. The van der Waals surface area contributed by atoms with Crippen LogP contribution in [0.3, 0.4) is 0 Å². The Bertz CT molecular complexity index is 66.0. The Morgan fingerprint density at radius 1 is 1.50 bits per heavy atom. The van der Waals surface area contributed by atoms with E-state index in [2.05, 4.69) is 0 Å². The lowest BCUT2D eigenvalue weighted by molar-refractivity contribution is 1.37. The number of allylic oxidation sites excluding steroid dienone is 2. The summed E-state index contributed by atoms with van der Waals surface area (Å²) in [6.45, 7) is 13.9. The van der Waals surface area contributed by atoms with Crippen LogP contribution in [0.5, 0.6) is 0 Å². The van der Waals surface area contributed by atoms with Gasteiger partial charge in [0, 0.05) is 5.57 Å². The summed E-state index contributed by atoms with van der Waals surface area (Å²) >= 11 is 0. The lowest BCUT2D eigenvalue weighted by Gasteiger charge is -1.87. The maximum Gasteiger partial charge on any atom is 0.0184 e. The Morgan fingerprint density at radius 2 is 1.67 bits per heavy atom. The zero-order valence-corrected chi connectivity index (χ0v) is 4.15. The van der Waals surface area contributed by atoms with Gasteiger partial charge in [-0.25, -0.2) is 0 Å². The molecule has 0 aromatic heterocycles. The van der Waals surface area contributed by atoms with Gasteiger partial charge in [-0.2, -0.15) is 6.58 Å². The van der Waals surface area contributed by atoms with E-state index in [1.165, 1.54) is 0 Å². The van der Waals surface area contributed by atoms with Gasteiger partial charge in [0.05, 0.1) is 0 Å². The third-order valence-electron chi connectivity index (χ3n) is 0.622. The van der Waals surface area contributed by atoms with Crippen molar-refractivity contribution in [2.45, 2.75) is 13.8 Å². The summed E-state index contributed by atoms with van der Waals surface area (Å²) in [5.74, 6) is 0. The molecule has 0 bridgehead atoms. The van der Waals surface area contributed by atoms with Gasteiger partial charge in [-0.1, -0.05) is 12.5 Å². The van der Waals surface area contributed by atoms with Crippen LogP contribution in [0, 0.1) is 13.2 Å². The third-order valence-corrected chi connectivity index (χ3v) is 0.622. The molecular formula is C6H8. The van der Waals surface area contributed by atoms with Crippen molar-refractivity contribution in [1.82, 2.24) is 0 Å². The zero-order valence-electron chi connectivity index (χ0n) is 4.15. The maximum atomic E-state index is 5.19. The Kier molecular flexibility index (Phi) is 1.56. The Morgan fingerprint density at radius 3 is 1.67 bits per heavy atom. The molecule has 6 heavy (non-hydrogen) atoms. The van der Waals surface area contributed by atoms with Gasteiger partial charge in [0.15, 0.2) is 0 Å². The smallest absolute Gasteiger partial charge is 0.0184 e. The molecule has 0 atom stereocenters. The molecule has 0 aliphatic carbocycles. The molecule has 0 aliphatic heterocycles. The zero-order chi connectivity index (χ0) is 5.15. The highest BCUT2D eigenvalue weighted by atomic mass is 13.8. The van der Waals surface area contributed by atoms with Gasteiger partial charge in [-0.15, -0.1) is 0 Å². The number of hydrogen-bond donors (Lipinski definition) is 0. The van der Waals surface area contributed by atoms with Crippen molar-refractivity contribution in [3.63, 3.8) is 0 Å². The molecule has 0 radical (unpaired) electrons. The van der Waals surface area contributed by atoms with E-state index in [4.69, 9.17) is 13.2 Å². The van der Waals surface area contributed by atoms with E-state index in [-0.39, 0.29) is 0 Å². The van der Waals surface area contributed by atoms with Crippen LogP contribution in [-0.4, -0.2) is 0 Å². The molecule has 0 saturated heterocycles. The Labute approximate surface area is 39.2 Å². The second-order valence-electron chi connectivity index (χ2n) is 1.37.